The van der Waals surface area contributed by atoms with E-state index in [2.05, 4.69) is 27.8 Å². The molecule has 7 heteroatoms. The summed E-state index contributed by atoms with van der Waals surface area (Å²) >= 11 is 7.52. The smallest absolute Gasteiger partial charge is 0.250 e. The Morgan fingerprint density at radius 3 is 2.37 bits per heavy atom. The molecule has 2 heterocycles. The van der Waals surface area contributed by atoms with Gasteiger partial charge in [-0.25, -0.2) is 0 Å². The van der Waals surface area contributed by atoms with Gasteiger partial charge in [0.1, 0.15) is 12.3 Å². The van der Waals surface area contributed by atoms with Gasteiger partial charge >= 0.3 is 0 Å². The normalized spacial score (nSPS) is 18.4. The molecule has 0 aliphatic carbocycles. The number of fused-ring (bicyclic) bond motifs is 1. The largest absolute Gasteiger partial charge is 1.00 e. The third-order valence-corrected chi connectivity index (χ3v) is 6.83. The van der Waals surface area contributed by atoms with Crippen LogP contribution in [0.3, 0.4) is 0 Å². The highest BCUT2D eigenvalue weighted by Crippen LogP contribution is 2.37. The van der Waals surface area contributed by atoms with Crippen LogP contribution >= 0.6 is 22.9 Å². The van der Waals surface area contributed by atoms with Crippen molar-refractivity contribution in [1.82, 2.24) is 0 Å². The van der Waals surface area contributed by atoms with Crippen LogP contribution in [0, 0.1) is 5.41 Å². The van der Waals surface area contributed by atoms with Crippen LogP contribution < -0.4 is 29.7 Å². The predicted octanol–water partition coefficient (Wildman–Crippen LogP) is 1.41. The van der Waals surface area contributed by atoms with Crippen LogP contribution in [0.2, 0.25) is 5.02 Å². The van der Waals surface area contributed by atoms with Crippen molar-refractivity contribution in [3.63, 3.8) is 0 Å². The number of benzene rings is 1. The lowest BCUT2D eigenvalue weighted by Crippen LogP contribution is -3.00. The topological polar surface area (TPSA) is 60.2 Å². The number of amides is 1. The Balaban J connectivity index is 0.00000320. The summed E-state index contributed by atoms with van der Waals surface area (Å²) in [5.41, 5.74) is 8.55. The first-order valence-electron chi connectivity index (χ1n) is 9.99. The van der Waals surface area contributed by atoms with E-state index in [1.807, 2.05) is 12.1 Å². The van der Waals surface area contributed by atoms with Gasteiger partial charge in [-0.2, -0.15) is 0 Å². The summed E-state index contributed by atoms with van der Waals surface area (Å²) in [6.07, 6.45) is 1.42. The van der Waals surface area contributed by atoms with Crippen molar-refractivity contribution in [2.24, 2.45) is 11.1 Å². The van der Waals surface area contributed by atoms with E-state index in [-0.39, 0.29) is 41.6 Å². The highest BCUT2D eigenvalue weighted by atomic mass is 127. The van der Waals surface area contributed by atoms with Gasteiger partial charge in [0.2, 0.25) is 5.91 Å². The standard InChI is InChI=1S/C23H29ClN2O2S.HI/c1-23(2,3)14-26(4)10-9-18-20(13-26)29-19(21(18)22(25)28)12-17(27)11-15-5-7-16(24)8-6-15;/h5-8H,9-14H2,1-4H3,(H-,25,28);1H. The second-order valence-electron chi connectivity index (χ2n) is 9.65. The summed E-state index contributed by atoms with van der Waals surface area (Å²) in [4.78, 5) is 26.9. The quantitative estimate of drug-likeness (QED) is 0.429. The lowest BCUT2D eigenvalue weighted by atomic mass is 9.92. The molecule has 1 aromatic carbocycles. The van der Waals surface area contributed by atoms with Gasteiger partial charge in [0.05, 0.1) is 30.6 Å². The number of hydrogen-bond acceptors (Lipinski definition) is 3. The van der Waals surface area contributed by atoms with Crippen LogP contribution in [0.5, 0.6) is 0 Å². The number of hydrogen-bond donors (Lipinski definition) is 1. The highest BCUT2D eigenvalue weighted by Gasteiger charge is 2.36. The number of Topliss-reactive ketones (excluding diaryl/α,β-unsaturated/α-hetero) is 1. The lowest BCUT2D eigenvalue weighted by molar-refractivity contribution is -0.929. The van der Waals surface area contributed by atoms with E-state index < -0.39 is 5.91 Å². The van der Waals surface area contributed by atoms with Crippen molar-refractivity contribution < 1.29 is 38.0 Å². The Morgan fingerprint density at radius 2 is 1.80 bits per heavy atom. The molecule has 2 aromatic rings. The minimum Gasteiger partial charge on any atom is -1.00 e. The number of likely N-dealkylation sites (N-methyl/N-ethyl adjacent to an activating group) is 1. The molecule has 30 heavy (non-hydrogen) atoms. The second-order valence-corrected chi connectivity index (χ2v) is 11.3. The van der Waals surface area contributed by atoms with Gasteiger partial charge in [-0.1, -0.05) is 44.5 Å². The predicted molar refractivity (Wildman–Crippen MR) is 119 cm³/mol. The van der Waals surface area contributed by atoms with Gasteiger partial charge in [0.25, 0.3) is 0 Å². The summed E-state index contributed by atoms with van der Waals surface area (Å²) in [6, 6.07) is 7.31. The molecule has 0 saturated carbocycles. The van der Waals surface area contributed by atoms with E-state index in [4.69, 9.17) is 17.3 Å². The Labute approximate surface area is 205 Å². The molecule has 0 bridgehead atoms. The molecule has 1 atom stereocenters. The first kappa shape index (κ1) is 25.3. The Hall–Kier alpha value is -0.960. The number of halogens is 2. The Bertz CT molecular complexity index is 934. The minimum atomic E-state index is -0.413. The average molecular weight is 561 g/mol. The minimum absolute atomic E-state index is 0. The van der Waals surface area contributed by atoms with E-state index in [9.17, 15) is 9.59 Å². The molecular weight excluding hydrogens is 531 g/mol. The maximum absolute atomic E-state index is 12.7. The summed E-state index contributed by atoms with van der Waals surface area (Å²) in [7, 11) is 2.28. The molecule has 2 N–H and O–H groups in total. The van der Waals surface area contributed by atoms with Crippen molar-refractivity contribution in [2.75, 3.05) is 20.1 Å². The molecular formula is C23H30ClIN2O2S. The van der Waals surface area contributed by atoms with Crippen molar-refractivity contribution >= 4 is 34.6 Å². The van der Waals surface area contributed by atoms with Crippen LogP contribution in [-0.2, 0) is 30.6 Å². The summed E-state index contributed by atoms with van der Waals surface area (Å²) in [6.45, 7) is 9.73. The fraction of sp³-hybridized carbons (Fsp3) is 0.478. The maximum atomic E-state index is 12.7. The zero-order chi connectivity index (χ0) is 21.4. The third kappa shape index (κ3) is 6.28. The molecule has 0 saturated heterocycles. The molecule has 1 aliphatic heterocycles. The van der Waals surface area contributed by atoms with E-state index in [1.54, 1.807) is 23.5 Å². The van der Waals surface area contributed by atoms with Crippen molar-refractivity contribution in [3.05, 3.63) is 55.7 Å². The number of nitrogens with zero attached hydrogens (tertiary/aromatic N) is 1. The molecule has 1 unspecified atom stereocenters. The van der Waals surface area contributed by atoms with Crippen molar-refractivity contribution in [3.8, 4) is 0 Å². The molecule has 0 spiro atoms. The van der Waals surface area contributed by atoms with Crippen LogP contribution in [0.15, 0.2) is 24.3 Å². The van der Waals surface area contributed by atoms with Crippen molar-refractivity contribution in [1.29, 1.82) is 0 Å². The molecule has 4 nitrogen and oxygen atoms in total. The average Bonchev–Trinajstić information content (AvgIpc) is 2.91. The maximum Gasteiger partial charge on any atom is 0.250 e. The van der Waals surface area contributed by atoms with E-state index in [0.717, 1.165) is 46.5 Å². The van der Waals surface area contributed by atoms with Crippen LogP contribution in [0.25, 0.3) is 0 Å². The van der Waals surface area contributed by atoms with E-state index >= 15 is 0 Å². The van der Waals surface area contributed by atoms with Gasteiger partial charge in [0.15, 0.2) is 0 Å². The second kappa shape index (κ2) is 9.67. The number of carbonyl (C=O) groups excluding carboxylic acids is 2. The number of nitrogens with two attached hydrogens (primary N) is 1. The molecule has 1 amide bonds. The van der Waals surface area contributed by atoms with Gasteiger partial charge < -0.3 is 34.2 Å². The zero-order valence-electron chi connectivity index (χ0n) is 18.1. The third-order valence-electron chi connectivity index (χ3n) is 5.37. The number of rotatable bonds is 6. The molecule has 1 aliphatic rings. The molecule has 3 rings (SSSR count). The van der Waals surface area contributed by atoms with Gasteiger partial charge in [-0.05, 0) is 23.3 Å². The summed E-state index contributed by atoms with van der Waals surface area (Å²) in [5, 5.41) is 0.652. The number of thiophene rings is 1. The molecule has 164 valence electrons. The van der Waals surface area contributed by atoms with Gasteiger partial charge in [-0.15, -0.1) is 11.3 Å². The van der Waals surface area contributed by atoms with Gasteiger partial charge in [-0.3, -0.25) is 9.59 Å². The molecule has 1 aromatic heterocycles. The number of quaternary nitrogens is 1. The molecule has 0 fully saturated rings. The highest BCUT2D eigenvalue weighted by molar-refractivity contribution is 7.12. The van der Waals surface area contributed by atoms with Crippen LogP contribution in [0.4, 0.5) is 0 Å². The fourth-order valence-electron chi connectivity index (χ4n) is 4.53. The number of carbonyl (C=O) groups is 2. The Morgan fingerprint density at radius 1 is 1.17 bits per heavy atom. The zero-order valence-corrected chi connectivity index (χ0v) is 21.8. The lowest BCUT2D eigenvalue weighted by Gasteiger charge is -2.41. The van der Waals surface area contributed by atoms with Crippen LogP contribution in [0.1, 0.15) is 52.0 Å². The number of ketones is 1. The first-order valence-corrected chi connectivity index (χ1v) is 11.2. The monoisotopic (exact) mass is 560 g/mol. The summed E-state index contributed by atoms with van der Waals surface area (Å²) in [5.74, 6) is -0.330. The Kier molecular flexibility index (Phi) is 8.16. The summed E-state index contributed by atoms with van der Waals surface area (Å²) < 4.78 is 0.952. The van der Waals surface area contributed by atoms with Gasteiger partial charge in [0, 0.05) is 34.6 Å². The fourth-order valence-corrected chi connectivity index (χ4v) is 6.22. The van der Waals surface area contributed by atoms with E-state index in [1.165, 1.54) is 4.88 Å². The first-order chi connectivity index (χ1) is 13.5. The number of primary amides is 1. The SMILES string of the molecule is CC(C)(C)C[N+]1(C)CCc2c(sc(CC(=O)Cc3ccc(Cl)cc3)c2C(N)=O)C1.[I-]. The van der Waals surface area contributed by atoms with Crippen LogP contribution in [-0.4, -0.2) is 36.3 Å². The van der Waals surface area contributed by atoms with Crippen molar-refractivity contribution in [2.45, 2.75) is 46.6 Å². The van der Waals surface area contributed by atoms with E-state index in [0.29, 0.717) is 17.0 Å². The molecule has 0 radical (unpaired) electrons.